The Kier molecular flexibility index (Phi) is 7.75. The zero-order chi connectivity index (χ0) is 15.1. The van der Waals surface area contributed by atoms with Gasteiger partial charge in [-0.2, -0.15) is 5.26 Å². The van der Waals surface area contributed by atoms with Crippen LogP contribution >= 0.6 is 27.3 Å². The highest BCUT2D eigenvalue weighted by Gasteiger charge is 2.27. The predicted octanol–water partition coefficient (Wildman–Crippen LogP) is 4.16. The topological polar surface area (TPSA) is 53.0 Å². The molecule has 0 aliphatic carbocycles. The number of hydrogen-bond donors (Lipinski definition) is 1. The van der Waals surface area contributed by atoms with Gasteiger partial charge < -0.3 is 5.73 Å². The highest BCUT2D eigenvalue weighted by atomic mass is 79.9. The van der Waals surface area contributed by atoms with Gasteiger partial charge >= 0.3 is 0 Å². The van der Waals surface area contributed by atoms with Crippen molar-refractivity contribution in [2.24, 2.45) is 11.7 Å². The molecule has 0 spiro atoms. The standard InChI is InChI=1S/C15H24BrN3S/c1-4-13(18)15(14-8-12(16)10-20-14)19(7-5-6-17)9-11(2)3/h8,10-11,13,15H,4-5,7,9,18H2,1-3H3. The van der Waals surface area contributed by atoms with Crippen LogP contribution in [0, 0.1) is 17.2 Å². The van der Waals surface area contributed by atoms with Crippen molar-refractivity contribution >= 4 is 27.3 Å². The Bertz CT molecular complexity index is 439. The van der Waals surface area contributed by atoms with Crippen LogP contribution in [0.5, 0.6) is 0 Å². The van der Waals surface area contributed by atoms with Crippen molar-refractivity contribution in [2.45, 2.75) is 45.7 Å². The zero-order valence-corrected chi connectivity index (χ0v) is 14.9. The van der Waals surface area contributed by atoms with Gasteiger partial charge in [0.15, 0.2) is 0 Å². The number of nitrogens with zero attached hydrogens (tertiary/aromatic N) is 2. The first-order valence-electron chi connectivity index (χ1n) is 7.10. The van der Waals surface area contributed by atoms with Crippen LogP contribution in [-0.2, 0) is 0 Å². The van der Waals surface area contributed by atoms with Crippen molar-refractivity contribution in [1.82, 2.24) is 4.90 Å². The molecule has 0 aliphatic heterocycles. The lowest BCUT2D eigenvalue weighted by atomic mass is 10.0. The molecule has 2 N–H and O–H groups in total. The van der Waals surface area contributed by atoms with Gasteiger partial charge in [-0.15, -0.1) is 11.3 Å². The molecule has 0 saturated heterocycles. The molecule has 2 unspecified atom stereocenters. The molecule has 1 heterocycles. The molecule has 0 aromatic carbocycles. The summed E-state index contributed by atoms with van der Waals surface area (Å²) in [5.41, 5.74) is 6.37. The van der Waals surface area contributed by atoms with Gasteiger partial charge in [-0.1, -0.05) is 20.8 Å². The van der Waals surface area contributed by atoms with Crippen LogP contribution in [0.3, 0.4) is 0 Å². The maximum Gasteiger partial charge on any atom is 0.0635 e. The van der Waals surface area contributed by atoms with E-state index in [-0.39, 0.29) is 12.1 Å². The van der Waals surface area contributed by atoms with Gasteiger partial charge in [0, 0.05) is 40.3 Å². The van der Waals surface area contributed by atoms with Crippen molar-refractivity contribution in [2.75, 3.05) is 13.1 Å². The summed E-state index contributed by atoms with van der Waals surface area (Å²) < 4.78 is 1.11. The average Bonchev–Trinajstić information content (AvgIpc) is 2.81. The molecule has 0 aliphatic rings. The summed E-state index contributed by atoms with van der Waals surface area (Å²) in [4.78, 5) is 3.66. The molecule has 1 aromatic heterocycles. The maximum absolute atomic E-state index is 8.89. The lowest BCUT2D eigenvalue weighted by Gasteiger charge is -2.35. The van der Waals surface area contributed by atoms with Crippen molar-refractivity contribution in [3.05, 3.63) is 20.8 Å². The molecule has 0 radical (unpaired) electrons. The predicted molar refractivity (Wildman–Crippen MR) is 89.7 cm³/mol. The first-order chi connectivity index (χ1) is 9.49. The molecule has 2 atom stereocenters. The van der Waals surface area contributed by atoms with Crippen molar-refractivity contribution in [3.8, 4) is 6.07 Å². The second kappa shape index (κ2) is 8.78. The van der Waals surface area contributed by atoms with Crippen LogP contribution < -0.4 is 5.73 Å². The summed E-state index contributed by atoms with van der Waals surface area (Å²) in [7, 11) is 0. The first kappa shape index (κ1) is 17.6. The van der Waals surface area contributed by atoms with E-state index in [4.69, 9.17) is 11.0 Å². The minimum absolute atomic E-state index is 0.0954. The molecule has 0 bridgehead atoms. The van der Waals surface area contributed by atoms with Crippen LogP contribution in [0.4, 0.5) is 0 Å². The SMILES string of the molecule is CCC(N)C(c1cc(Br)cs1)N(CCC#N)CC(C)C. The summed E-state index contributed by atoms with van der Waals surface area (Å²) >= 11 is 5.26. The monoisotopic (exact) mass is 357 g/mol. The van der Waals surface area contributed by atoms with E-state index in [1.807, 2.05) is 0 Å². The summed E-state index contributed by atoms with van der Waals surface area (Å²) in [5.74, 6) is 0.559. The molecule has 20 heavy (non-hydrogen) atoms. The number of halogens is 1. The highest BCUT2D eigenvalue weighted by Crippen LogP contribution is 2.32. The Morgan fingerprint density at radius 2 is 2.20 bits per heavy atom. The summed E-state index contributed by atoms with van der Waals surface area (Å²) in [6.07, 6.45) is 1.48. The van der Waals surface area contributed by atoms with E-state index >= 15 is 0 Å². The number of nitriles is 1. The van der Waals surface area contributed by atoms with Gasteiger partial charge in [0.1, 0.15) is 0 Å². The van der Waals surface area contributed by atoms with Gasteiger partial charge in [-0.25, -0.2) is 0 Å². The first-order valence-corrected chi connectivity index (χ1v) is 8.77. The van der Waals surface area contributed by atoms with Gasteiger partial charge in [0.25, 0.3) is 0 Å². The molecule has 0 fully saturated rings. The minimum Gasteiger partial charge on any atom is -0.326 e. The van der Waals surface area contributed by atoms with E-state index in [2.05, 4.69) is 59.1 Å². The highest BCUT2D eigenvalue weighted by molar-refractivity contribution is 9.10. The summed E-state index contributed by atoms with van der Waals surface area (Å²) in [6, 6.07) is 4.71. The van der Waals surface area contributed by atoms with E-state index < -0.39 is 0 Å². The number of nitrogens with two attached hydrogens (primary N) is 1. The Balaban J connectivity index is 3.00. The smallest absolute Gasteiger partial charge is 0.0635 e. The van der Waals surface area contributed by atoms with E-state index in [9.17, 15) is 0 Å². The van der Waals surface area contributed by atoms with Crippen LogP contribution in [0.25, 0.3) is 0 Å². The Labute approximate surface area is 134 Å². The Morgan fingerprint density at radius 3 is 2.65 bits per heavy atom. The summed E-state index contributed by atoms with van der Waals surface area (Å²) in [5, 5.41) is 11.0. The molecule has 5 heteroatoms. The van der Waals surface area contributed by atoms with Crippen molar-refractivity contribution < 1.29 is 0 Å². The van der Waals surface area contributed by atoms with Gasteiger partial charge in [-0.3, -0.25) is 4.90 Å². The molecular weight excluding hydrogens is 334 g/mol. The van der Waals surface area contributed by atoms with Crippen LogP contribution in [-0.4, -0.2) is 24.0 Å². The average molecular weight is 358 g/mol. The van der Waals surface area contributed by atoms with E-state index in [1.54, 1.807) is 11.3 Å². The fraction of sp³-hybridized carbons (Fsp3) is 0.667. The molecule has 1 aromatic rings. The fourth-order valence-corrected chi connectivity index (χ4v) is 4.03. The Morgan fingerprint density at radius 1 is 1.50 bits per heavy atom. The van der Waals surface area contributed by atoms with Crippen molar-refractivity contribution in [3.63, 3.8) is 0 Å². The summed E-state index contributed by atoms with van der Waals surface area (Å²) in [6.45, 7) is 8.28. The van der Waals surface area contributed by atoms with Gasteiger partial charge in [-0.05, 0) is 34.3 Å². The molecule has 0 saturated carbocycles. The quantitative estimate of drug-likeness (QED) is 0.759. The van der Waals surface area contributed by atoms with E-state index in [0.29, 0.717) is 12.3 Å². The number of rotatable bonds is 8. The molecule has 112 valence electrons. The molecule has 3 nitrogen and oxygen atoms in total. The third-order valence-electron chi connectivity index (χ3n) is 3.26. The van der Waals surface area contributed by atoms with E-state index in [0.717, 1.165) is 24.0 Å². The van der Waals surface area contributed by atoms with Crippen LogP contribution in [0.1, 0.15) is 44.5 Å². The van der Waals surface area contributed by atoms with E-state index in [1.165, 1.54) is 4.88 Å². The zero-order valence-electron chi connectivity index (χ0n) is 12.5. The third kappa shape index (κ3) is 5.17. The van der Waals surface area contributed by atoms with Gasteiger partial charge in [0.05, 0.1) is 12.1 Å². The molecule has 1 rings (SSSR count). The lowest BCUT2D eigenvalue weighted by Crippen LogP contribution is -2.42. The lowest BCUT2D eigenvalue weighted by molar-refractivity contribution is 0.156. The van der Waals surface area contributed by atoms with Gasteiger partial charge in [0.2, 0.25) is 0 Å². The normalized spacial score (nSPS) is 14.5. The maximum atomic E-state index is 8.89. The Hall–Kier alpha value is -0.410. The molecular formula is C15H24BrN3S. The van der Waals surface area contributed by atoms with Crippen molar-refractivity contribution in [1.29, 1.82) is 5.26 Å². The molecule has 0 amide bonds. The number of thiophene rings is 1. The fourth-order valence-electron chi connectivity index (χ4n) is 2.37. The second-order valence-corrected chi connectivity index (χ2v) is 7.34. The van der Waals surface area contributed by atoms with Crippen LogP contribution in [0.15, 0.2) is 15.9 Å². The third-order valence-corrected chi connectivity index (χ3v) is 5.02. The number of hydrogen-bond acceptors (Lipinski definition) is 4. The van der Waals surface area contributed by atoms with Crippen LogP contribution in [0.2, 0.25) is 0 Å². The largest absolute Gasteiger partial charge is 0.326 e. The second-order valence-electron chi connectivity index (χ2n) is 5.48. The minimum atomic E-state index is 0.0954.